The minimum atomic E-state index is -0.603. The molecule has 0 radical (unpaired) electrons. The van der Waals surface area contributed by atoms with E-state index in [4.69, 9.17) is 0 Å². The highest BCUT2D eigenvalue weighted by Gasteiger charge is 2.16. The van der Waals surface area contributed by atoms with Gasteiger partial charge < -0.3 is 10.2 Å². The third-order valence-electron chi connectivity index (χ3n) is 3.89. The number of benzene rings is 1. The first-order chi connectivity index (χ1) is 9.74. The first-order valence-corrected chi connectivity index (χ1v) is 9.16. The predicted molar refractivity (Wildman–Crippen MR) is 87.9 cm³/mol. The Morgan fingerprint density at radius 1 is 1.20 bits per heavy atom. The Hall–Kier alpha value is -0.870. The molecule has 0 aliphatic carbocycles. The molecular weight excluding hydrogens is 268 g/mol. The average molecular weight is 294 g/mol. The third kappa shape index (κ3) is 4.06. The minimum Gasteiger partial charge on any atom is -0.370 e. The standard InChI is InChI=1S/C16H26N2OS/c1-3-9-17-16(4-2)14-5-7-15(8-6-14)18-10-12-20(19)13-11-18/h5-8,16-17H,3-4,9-13H2,1-2H3. The smallest absolute Gasteiger partial charge is 0.0411 e. The molecule has 1 aromatic rings. The van der Waals surface area contributed by atoms with Crippen molar-refractivity contribution in [3.63, 3.8) is 0 Å². The van der Waals surface area contributed by atoms with Crippen LogP contribution in [0, 0.1) is 0 Å². The largest absolute Gasteiger partial charge is 0.370 e. The molecule has 112 valence electrons. The minimum absolute atomic E-state index is 0.456. The van der Waals surface area contributed by atoms with E-state index < -0.39 is 10.8 Å². The second-order valence-electron chi connectivity index (χ2n) is 5.34. The fraction of sp³-hybridized carbons (Fsp3) is 0.625. The van der Waals surface area contributed by atoms with Gasteiger partial charge in [-0.1, -0.05) is 26.0 Å². The molecule has 1 heterocycles. The van der Waals surface area contributed by atoms with Crippen LogP contribution in [-0.2, 0) is 10.8 Å². The maximum absolute atomic E-state index is 11.4. The second kappa shape index (κ2) is 7.79. The van der Waals surface area contributed by atoms with Gasteiger partial charge >= 0.3 is 0 Å². The maximum Gasteiger partial charge on any atom is 0.0411 e. The summed E-state index contributed by atoms with van der Waals surface area (Å²) in [6, 6.07) is 9.34. The lowest BCUT2D eigenvalue weighted by Gasteiger charge is -2.29. The first kappa shape index (κ1) is 15.5. The van der Waals surface area contributed by atoms with Crippen molar-refractivity contribution in [2.24, 2.45) is 0 Å². The lowest BCUT2D eigenvalue weighted by Crippen LogP contribution is -2.37. The average Bonchev–Trinajstić information content (AvgIpc) is 2.49. The van der Waals surface area contributed by atoms with E-state index in [2.05, 4.69) is 48.3 Å². The molecule has 0 amide bonds. The van der Waals surface area contributed by atoms with Crippen LogP contribution in [0.2, 0.25) is 0 Å². The molecule has 0 spiro atoms. The maximum atomic E-state index is 11.4. The van der Waals surface area contributed by atoms with Gasteiger partial charge in [0.15, 0.2) is 0 Å². The molecule has 1 unspecified atom stereocenters. The van der Waals surface area contributed by atoms with Gasteiger partial charge in [-0.15, -0.1) is 0 Å². The molecule has 0 bridgehead atoms. The van der Waals surface area contributed by atoms with Crippen LogP contribution >= 0.6 is 0 Å². The molecule has 3 nitrogen and oxygen atoms in total. The summed E-state index contributed by atoms with van der Waals surface area (Å²) in [6.07, 6.45) is 2.28. The molecule has 2 rings (SSSR count). The quantitative estimate of drug-likeness (QED) is 0.875. The molecule has 1 saturated heterocycles. The van der Waals surface area contributed by atoms with Crippen molar-refractivity contribution in [2.75, 3.05) is 36.0 Å². The number of nitrogens with one attached hydrogen (secondary N) is 1. The van der Waals surface area contributed by atoms with Crippen LogP contribution in [0.15, 0.2) is 24.3 Å². The van der Waals surface area contributed by atoms with Crippen LogP contribution in [0.3, 0.4) is 0 Å². The van der Waals surface area contributed by atoms with E-state index in [0.29, 0.717) is 6.04 Å². The zero-order chi connectivity index (χ0) is 14.4. The van der Waals surface area contributed by atoms with Gasteiger partial charge in [0, 0.05) is 47.1 Å². The summed E-state index contributed by atoms with van der Waals surface area (Å²) in [4.78, 5) is 2.34. The zero-order valence-corrected chi connectivity index (χ0v) is 13.4. The van der Waals surface area contributed by atoms with E-state index >= 15 is 0 Å². The van der Waals surface area contributed by atoms with Crippen molar-refractivity contribution in [3.8, 4) is 0 Å². The predicted octanol–water partition coefficient (Wildman–Crippen LogP) is 2.71. The van der Waals surface area contributed by atoms with Crippen LogP contribution in [-0.4, -0.2) is 35.3 Å². The van der Waals surface area contributed by atoms with Gasteiger partial charge in [0.25, 0.3) is 0 Å². The SMILES string of the molecule is CCCNC(CC)c1ccc(N2CCS(=O)CC2)cc1. The van der Waals surface area contributed by atoms with E-state index in [9.17, 15) is 4.21 Å². The molecule has 4 heteroatoms. The van der Waals surface area contributed by atoms with Crippen LogP contribution in [0.25, 0.3) is 0 Å². The molecule has 1 aromatic carbocycles. The van der Waals surface area contributed by atoms with Crippen LogP contribution in [0.5, 0.6) is 0 Å². The fourth-order valence-corrected chi connectivity index (χ4v) is 3.68. The summed E-state index contributed by atoms with van der Waals surface area (Å²) in [5.41, 5.74) is 2.63. The van der Waals surface area contributed by atoms with Crippen molar-refractivity contribution in [3.05, 3.63) is 29.8 Å². The molecule has 0 saturated carbocycles. The number of hydrogen-bond donors (Lipinski definition) is 1. The van der Waals surface area contributed by atoms with Crippen molar-refractivity contribution >= 4 is 16.5 Å². The zero-order valence-electron chi connectivity index (χ0n) is 12.6. The molecule has 0 aromatic heterocycles. The molecule has 1 fully saturated rings. The monoisotopic (exact) mass is 294 g/mol. The van der Waals surface area contributed by atoms with Crippen molar-refractivity contribution in [1.29, 1.82) is 0 Å². The van der Waals surface area contributed by atoms with Crippen LogP contribution in [0.4, 0.5) is 5.69 Å². The highest BCUT2D eigenvalue weighted by molar-refractivity contribution is 7.85. The first-order valence-electron chi connectivity index (χ1n) is 7.67. The van der Waals surface area contributed by atoms with Gasteiger partial charge in [0.1, 0.15) is 0 Å². The molecule has 1 aliphatic rings. The van der Waals surface area contributed by atoms with E-state index in [-0.39, 0.29) is 0 Å². The summed E-state index contributed by atoms with van der Waals surface area (Å²) in [5.74, 6) is 1.61. The Kier molecular flexibility index (Phi) is 6.05. The Balaban J connectivity index is 1.99. The van der Waals surface area contributed by atoms with Gasteiger partial charge in [-0.05, 0) is 37.1 Å². The van der Waals surface area contributed by atoms with Gasteiger partial charge in [-0.25, -0.2) is 0 Å². The fourth-order valence-electron chi connectivity index (χ4n) is 2.63. The van der Waals surface area contributed by atoms with E-state index in [1.165, 1.54) is 17.7 Å². The van der Waals surface area contributed by atoms with E-state index in [0.717, 1.165) is 37.6 Å². The Morgan fingerprint density at radius 3 is 2.40 bits per heavy atom. The number of nitrogens with zero attached hydrogens (tertiary/aromatic N) is 1. The Morgan fingerprint density at radius 2 is 1.85 bits per heavy atom. The van der Waals surface area contributed by atoms with Gasteiger partial charge in [0.05, 0.1) is 0 Å². The normalized spacial score (nSPS) is 18.2. The van der Waals surface area contributed by atoms with Crippen molar-refractivity contribution in [1.82, 2.24) is 5.32 Å². The van der Waals surface area contributed by atoms with Crippen molar-refractivity contribution < 1.29 is 4.21 Å². The summed E-state index contributed by atoms with van der Waals surface area (Å²) >= 11 is 0. The Bertz CT molecular complexity index is 423. The van der Waals surface area contributed by atoms with Crippen LogP contribution in [0.1, 0.15) is 38.3 Å². The summed E-state index contributed by atoms with van der Waals surface area (Å²) in [6.45, 7) is 7.32. The number of hydrogen-bond acceptors (Lipinski definition) is 3. The lowest BCUT2D eigenvalue weighted by atomic mass is 10.0. The highest BCUT2D eigenvalue weighted by Crippen LogP contribution is 2.22. The summed E-state index contributed by atoms with van der Waals surface area (Å²) < 4.78 is 11.4. The molecule has 1 atom stereocenters. The highest BCUT2D eigenvalue weighted by atomic mass is 32.2. The number of rotatable bonds is 6. The molecule has 20 heavy (non-hydrogen) atoms. The van der Waals surface area contributed by atoms with Gasteiger partial charge in [-0.3, -0.25) is 4.21 Å². The summed E-state index contributed by atoms with van der Waals surface area (Å²) in [7, 11) is -0.603. The van der Waals surface area contributed by atoms with E-state index in [1.807, 2.05) is 0 Å². The van der Waals surface area contributed by atoms with Crippen molar-refractivity contribution in [2.45, 2.75) is 32.7 Å². The second-order valence-corrected chi connectivity index (χ2v) is 7.04. The molecular formula is C16H26N2OS. The van der Waals surface area contributed by atoms with E-state index in [1.54, 1.807) is 0 Å². The topological polar surface area (TPSA) is 32.3 Å². The third-order valence-corrected chi connectivity index (χ3v) is 5.16. The molecule has 1 aliphatic heterocycles. The molecule has 1 N–H and O–H groups in total. The lowest BCUT2D eigenvalue weighted by molar-refractivity contribution is 0.518. The summed E-state index contributed by atoms with van der Waals surface area (Å²) in [5, 5.41) is 3.59. The van der Waals surface area contributed by atoms with Gasteiger partial charge in [-0.2, -0.15) is 0 Å². The Labute approximate surface area is 125 Å². The van der Waals surface area contributed by atoms with Gasteiger partial charge in [0.2, 0.25) is 0 Å². The number of anilines is 1. The van der Waals surface area contributed by atoms with Crippen LogP contribution < -0.4 is 10.2 Å².